The fraction of sp³-hybridized carbons (Fsp3) is 0.345. The molecule has 3 rings (SSSR count). The van der Waals surface area contributed by atoms with Crippen LogP contribution in [0.2, 0.25) is 10.0 Å². The van der Waals surface area contributed by atoms with E-state index in [0.29, 0.717) is 35.4 Å². The third-order valence-electron chi connectivity index (χ3n) is 6.00. The van der Waals surface area contributed by atoms with Crippen LogP contribution in [0.15, 0.2) is 41.3 Å². The first-order chi connectivity index (χ1) is 18.7. The average molecular weight is 594 g/mol. The van der Waals surface area contributed by atoms with Gasteiger partial charge in [-0.2, -0.15) is 0 Å². The molecule has 0 fully saturated rings. The summed E-state index contributed by atoms with van der Waals surface area (Å²) in [6.07, 6.45) is 7.25. The van der Waals surface area contributed by atoms with Crippen molar-refractivity contribution < 1.29 is 23.8 Å². The monoisotopic (exact) mass is 592 g/mol. The van der Waals surface area contributed by atoms with Crippen molar-refractivity contribution in [1.82, 2.24) is 4.98 Å². The molecule has 6 nitrogen and oxygen atoms in total. The van der Waals surface area contributed by atoms with E-state index in [0.717, 1.165) is 19.4 Å². The quantitative estimate of drug-likeness (QED) is 0.145. The number of carboxylic acid groups (broad SMARTS) is 1. The highest BCUT2D eigenvalue weighted by Gasteiger charge is 2.17. The lowest BCUT2D eigenvalue weighted by Crippen LogP contribution is -2.12. The van der Waals surface area contributed by atoms with Gasteiger partial charge in [0.15, 0.2) is 5.13 Å². The number of anilines is 1. The van der Waals surface area contributed by atoms with Gasteiger partial charge in [-0.15, -0.1) is 11.3 Å². The highest BCUT2D eigenvalue weighted by atomic mass is 35.5. The largest absolute Gasteiger partial charge is 0.478 e. The minimum Gasteiger partial charge on any atom is -0.478 e. The number of aromatic nitrogens is 1. The van der Waals surface area contributed by atoms with Crippen molar-refractivity contribution in [2.45, 2.75) is 52.4 Å². The number of aryl methyl sites for hydroxylation is 1. The maximum Gasteiger partial charge on any atom is 0.331 e. The van der Waals surface area contributed by atoms with Crippen LogP contribution >= 0.6 is 34.5 Å². The van der Waals surface area contributed by atoms with Gasteiger partial charge in [0.2, 0.25) is 0 Å². The van der Waals surface area contributed by atoms with Crippen LogP contribution in [0.4, 0.5) is 9.52 Å². The standard InChI is InChI=1S/C29H31Cl2FN2O4S/c1-3-4-5-6-12-38-13-8-10-19-9-7-11-21(26(19)32)25-17-39-29(33-25)34-27(35)20-15-23(30)22(24(31)16-20)14-18(2)28(36)37/h7,9,11,14-17H,3-6,8,10,12-13H2,1-2H3,(H,36,37)(H,33,34,35)/b18-14+. The number of aliphatic carboxylic acids is 1. The zero-order chi connectivity index (χ0) is 28.4. The molecule has 39 heavy (non-hydrogen) atoms. The van der Waals surface area contributed by atoms with Crippen molar-refractivity contribution >= 4 is 57.6 Å². The number of carbonyl (C=O) groups is 2. The molecule has 2 N–H and O–H groups in total. The van der Waals surface area contributed by atoms with Gasteiger partial charge in [0, 0.05) is 40.9 Å². The molecule has 0 bridgehead atoms. The zero-order valence-corrected chi connectivity index (χ0v) is 24.2. The number of nitrogens with zero attached hydrogens (tertiary/aromatic N) is 1. The van der Waals surface area contributed by atoms with Crippen molar-refractivity contribution in [1.29, 1.82) is 0 Å². The number of carbonyl (C=O) groups excluding carboxylic acids is 1. The first-order valence-electron chi connectivity index (χ1n) is 12.7. The molecular formula is C29H31Cl2FN2O4S. The SMILES string of the molecule is CCCCCCOCCCc1cccc(-c2csc(NC(=O)c3cc(Cl)c(/C=C(\C)C(=O)O)c(Cl)c3)n2)c1F. The number of ether oxygens (including phenoxy) is 1. The van der Waals surface area contributed by atoms with Crippen LogP contribution in [-0.2, 0) is 16.0 Å². The Morgan fingerprint density at radius 1 is 1.13 bits per heavy atom. The second-order valence-electron chi connectivity index (χ2n) is 9.03. The summed E-state index contributed by atoms with van der Waals surface area (Å²) >= 11 is 13.7. The number of nitrogens with one attached hydrogen (secondary N) is 1. The number of amides is 1. The molecule has 0 atom stereocenters. The molecule has 0 radical (unpaired) electrons. The molecule has 1 amide bonds. The summed E-state index contributed by atoms with van der Waals surface area (Å²) in [5.74, 6) is -1.94. The summed E-state index contributed by atoms with van der Waals surface area (Å²) in [6.45, 7) is 4.91. The van der Waals surface area contributed by atoms with Crippen LogP contribution in [0.25, 0.3) is 17.3 Å². The number of benzene rings is 2. The smallest absolute Gasteiger partial charge is 0.331 e. The van der Waals surface area contributed by atoms with E-state index < -0.39 is 11.9 Å². The maximum atomic E-state index is 15.2. The van der Waals surface area contributed by atoms with Crippen LogP contribution in [-0.4, -0.2) is 35.2 Å². The van der Waals surface area contributed by atoms with Crippen LogP contribution in [0, 0.1) is 5.82 Å². The normalized spacial score (nSPS) is 11.6. The molecule has 0 saturated carbocycles. The van der Waals surface area contributed by atoms with Crippen molar-refractivity contribution in [2.75, 3.05) is 18.5 Å². The second-order valence-corrected chi connectivity index (χ2v) is 10.7. The summed E-state index contributed by atoms with van der Waals surface area (Å²) < 4.78 is 20.9. The lowest BCUT2D eigenvalue weighted by Gasteiger charge is -2.08. The summed E-state index contributed by atoms with van der Waals surface area (Å²) in [6, 6.07) is 8.02. The number of halogens is 3. The van der Waals surface area contributed by atoms with Gasteiger partial charge >= 0.3 is 5.97 Å². The van der Waals surface area contributed by atoms with E-state index in [1.165, 1.54) is 55.7 Å². The second kappa shape index (κ2) is 15.1. The lowest BCUT2D eigenvalue weighted by molar-refractivity contribution is -0.132. The Labute approximate surface area is 241 Å². The number of hydrogen-bond acceptors (Lipinski definition) is 5. The molecule has 3 aromatic rings. The van der Waals surface area contributed by atoms with E-state index >= 15 is 4.39 Å². The average Bonchev–Trinajstić information content (AvgIpc) is 3.36. The summed E-state index contributed by atoms with van der Waals surface area (Å²) in [5.41, 5.74) is 1.90. The molecule has 0 saturated heterocycles. The van der Waals surface area contributed by atoms with Gasteiger partial charge < -0.3 is 9.84 Å². The van der Waals surface area contributed by atoms with Gasteiger partial charge in [-0.3, -0.25) is 10.1 Å². The van der Waals surface area contributed by atoms with Crippen LogP contribution in [0.5, 0.6) is 0 Å². The van der Waals surface area contributed by atoms with Crippen molar-refractivity contribution in [3.05, 3.63) is 73.8 Å². The fourth-order valence-electron chi connectivity index (χ4n) is 3.82. The molecule has 2 aromatic carbocycles. The topological polar surface area (TPSA) is 88.5 Å². The van der Waals surface area contributed by atoms with E-state index in [-0.39, 0.29) is 32.1 Å². The van der Waals surface area contributed by atoms with E-state index in [1.807, 2.05) is 0 Å². The first-order valence-corrected chi connectivity index (χ1v) is 14.4. The molecular weight excluding hydrogens is 562 g/mol. The molecule has 1 aromatic heterocycles. The Kier molecular flexibility index (Phi) is 11.9. The number of rotatable bonds is 14. The van der Waals surface area contributed by atoms with Gasteiger partial charge in [0.05, 0.1) is 15.7 Å². The predicted octanol–water partition coefficient (Wildman–Crippen LogP) is 8.53. The van der Waals surface area contributed by atoms with E-state index in [2.05, 4.69) is 17.2 Å². The van der Waals surface area contributed by atoms with Crippen LogP contribution in [0.3, 0.4) is 0 Å². The molecule has 1 heterocycles. The molecule has 0 unspecified atom stereocenters. The number of thiazole rings is 1. The molecule has 0 spiro atoms. The third-order valence-corrected chi connectivity index (χ3v) is 7.38. The number of hydrogen-bond donors (Lipinski definition) is 2. The lowest BCUT2D eigenvalue weighted by atomic mass is 10.0. The third kappa shape index (κ3) is 8.86. The Balaban J connectivity index is 1.63. The summed E-state index contributed by atoms with van der Waals surface area (Å²) in [5, 5.41) is 14.0. The Morgan fingerprint density at radius 3 is 2.54 bits per heavy atom. The van der Waals surface area contributed by atoms with Gasteiger partial charge in [0.25, 0.3) is 5.91 Å². The molecule has 0 aliphatic heterocycles. The molecule has 0 aliphatic rings. The minimum atomic E-state index is -1.10. The Hall–Kier alpha value is -2.78. The van der Waals surface area contributed by atoms with Crippen molar-refractivity contribution in [3.63, 3.8) is 0 Å². The molecule has 208 valence electrons. The van der Waals surface area contributed by atoms with Gasteiger partial charge in [-0.25, -0.2) is 14.2 Å². The van der Waals surface area contributed by atoms with Crippen molar-refractivity contribution in [2.24, 2.45) is 0 Å². The minimum absolute atomic E-state index is 0.0498. The summed E-state index contributed by atoms with van der Waals surface area (Å²) in [4.78, 5) is 28.3. The molecule has 0 aliphatic carbocycles. The number of unbranched alkanes of at least 4 members (excludes halogenated alkanes) is 3. The number of carboxylic acids is 1. The van der Waals surface area contributed by atoms with E-state index in [4.69, 9.17) is 33.0 Å². The van der Waals surface area contributed by atoms with Crippen LogP contribution in [0.1, 0.15) is 67.4 Å². The van der Waals surface area contributed by atoms with Gasteiger partial charge in [0.1, 0.15) is 5.82 Å². The summed E-state index contributed by atoms with van der Waals surface area (Å²) in [7, 11) is 0. The predicted molar refractivity (Wildman–Crippen MR) is 156 cm³/mol. The zero-order valence-electron chi connectivity index (χ0n) is 21.9. The van der Waals surface area contributed by atoms with Gasteiger partial charge in [-0.05, 0) is 56.0 Å². The van der Waals surface area contributed by atoms with Gasteiger partial charge in [-0.1, -0.05) is 61.5 Å². The highest BCUT2D eigenvalue weighted by Crippen LogP contribution is 2.31. The Morgan fingerprint density at radius 2 is 1.85 bits per heavy atom. The van der Waals surface area contributed by atoms with E-state index in [9.17, 15) is 9.59 Å². The first kappa shape index (κ1) is 30.8. The molecule has 10 heteroatoms. The van der Waals surface area contributed by atoms with Crippen LogP contribution < -0.4 is 5.32 Å². The van der Waals surface area contributed by atoms with E-state index in [1.54, 1.807) is 23.6 Å². The van der Waals surface area contributed by atoms with Crippen molar-refractivity contribution in [3.8, 4) is 11.3 Å². The Bertz CT molecular complexity index is 1320. The highest BCUT2D eigenvalue weighted by molar-refractivity contribution is 7.14. The maximum absolute atomic E-state index is 15.2. The fourth-order valence-corrected chi connectivity index (χ4v) is 5.13.